The maximum absolute atomic E-state index is 11.4. The Kier molecular flexibility index (Phi) is 7.72. The third-order valence-corrected chi connectivity index (χ3v) is 4.99. The van der Waals surface area contributed by atoms with E-state index in [2.05, 4.69) is 10.0 Å². The molecule has 29 heavy (non-hydrogen) atoms. The number of aliphatic hydroxyl groups excluding tert-OH is 1. The molecule has 0 aliphatic rings. The van der Waals surface area contributed by atoms with Crippen molar-refractivity contribution < 1.29 is 28.1 Å². The van der Waals surface area contributed by atoms with Crippen LogP contribution in [0.1, 0.15) is 24.1 Å². The lowest BCUT2D eigenvalue weighted by atomic mass is 10.0. The molecule has 0 aliphatic heterocycles. The fraction of sp³-hybridized carbons (Fsp3) is 0.400. The van der Waals surface area contributed by atoms with Crippen LogP contribution in [0.25, 0.3) is 0 Å². The van der Waals surface area contributed by atoms with Crippen LogP contribution in [-0.4, -0.2) is 51.8 Å². The molecule has 2 atom stereocenters. The number of hydrogen-bond donors (Lipinski definition) is 4. The van der Waals surface area contributed by atoms with Crippen molar-refractivity contribution in [2.45, 2.75) is 25.5 Å². The lowest BCUT2D eigenvalue weighted by Gasteiger charge is -2.19. The summed E-state index contributed by atoms with van der Waals surface area (Å²) in [6.07, 6.45) is 0.603. The first kappa shape index (κ1) is 22.8. The quantitative estimate of drug-likeness (QED) is 0.431. The van der Waals surface area contributed by atoms with Crippen LogP contribution in [0.15, 0.2) is 36.4 Å². The van der Waals surface area contributed by atoms with Crippen LogP contribution in [0.2, 0.25) is 0 Å². The molecule has 0 radical (unpaired) electrons. The Morgan fingerprint density at radius 3 is 2.38 bits per heavy atom. The molecule has 0 saturated carbocycles. The number of methoxy groups -OCH3 is 2. The number of benzene rings is 2. The van der Waals surface area contributed by atoms with E-state index in [0.29, 0.717) is 30.0 Å². The number of hydrogen-bond acceptors (Lipinski definition) is 7. The van der Waals surface area contributed by atoms with Gasteiger partial charge in [-0.2, -0.15) is 0 Å². The molecule has 2 aromatic carbocycles. The molecular formula is C20H28N2O6S. The maximum Gasteiger partial charge on any atom is 0.229 e. The summed E-state index contributed by atoms with van der Waals surface area (Å²) in [5.41, 5.74) is 1.77. The Labute approximate surface area is 171 Å². The summed E-state index contributed by atoms with van der Waals surface area (Å²) in [6.45, 7) is 2.30. The molecule has 0 saturated heterocycles. The molecule has 4 N–H and O–H groups in total. The van der Waals surface area contributed by atoms with Gasteiger partial charge in [0.25, 0.3) is 0 Å². The predicted molar refractivity (Wildman–Crippen MR) is 112 cm³/mol. The molecule has 0 heterocycles. The van der Waals surface area contributed by atoms with Gasteiger partial charge in [0.05, 0.1) is 32.3 Å². The minimum atomic E-state index is -3.51. The van der Waals surface area contributed by atoms with Crippen molar-refractivity contribution in [3.63, 3.8) is 0 Å². The summed E-state index contributed by atoms with van der Waals surface area (Å²) >= 11 is 0. The van der Waals surface area contributed by atoms with Gasteiger partial charge in [-0.1, -0.05) is 12.1 Å². The first-order valence-corrected chi connectivity index (χ1v) is 10.9. The van der Waals surface area contributed by atoms with Crippen LogP contribution in [0.5, 0.6) is 17.2 Å². The average molecular weight is 425 g/mol. The molecule has 9 heteroatoms. The Morgan fingerprint density at radius 1 is 1.07 bits per heavy atom. The van der Waals surface area contributed by atoms with E-state index in [0.717, 1.165) is 11.8 Å². The van der Waals surface area contributed by atoms with Crippen LogP contribution in [-0.2, 0) is 16.4 Å². The minimum absolute atomic E-state index is 0.0354. The zero-order valence-corrected chi connectivity index (χ0v) is 17.8. The molecular weight excluding hydrogens is 396 g/mol. The van der Waals surface area contributed by atoms with Crippen molar-refractivity contribution in [2.24, 2.45) is 0 Å². The fourth-order valence-electron chi connectivity index (χ4n) is 2.89. The van der Waals surface area contributed by atoms with E-state index >= 15 is 0 Å². The number of nitrogens with one attached hydrogen (secondary N) is 2. The molecule has 0 aliphatic carbocycles. The summed E-state index contributed by atoms with van der Waals surface area (Å²) in [6, 6.07) is 10.2. The van der Waals surface area contributed by atoms with E-state index in [1.807, 2.05) is 25.1 Å². The van der Waals surface area contributed by atoms with Gasteiger partial charge >= 0.3 is 0 Å². The summed E-state index contributed by atoms with van der Waals surface area (Å²) in [5, 5.41) is 23.4. The number of ether oxygens (including phenoxy) is 2. The highest BCUT2D eigenvalue weighted by Crippen LogP contribution is 2.30. The lowest BCUT2D eigenvalue weighted by molar-refractivity contribution is 0.168. The van der Waals surface area contributed by atoms with Gasteiger partial charge in [0, 0.05) is 12.6 Å². The summed E-state index contributed by atoms with van der Waals surface area (Å²) in [4.78, 5) is 0. The Hall–Kier alpha value is -2.49. The first-order chi connectivity index (χ1) is 13.6. The van der Waals surface area contributed by atoms with E-state index in [1.54, 1.807) is 20.3 Å². The standard InChI is InChI=1S/C20H28N2O6S/c1-13(15-6-8-19(27-2)20(11-15)28-3)21-12-16(23)9-14-5-7-18(24)17(10-14)22-29(4,25)26/h5-8,10-11,13,16,21-24H,9,12H2,1-4H3. The van der Waals surface area contributed by atoms with Crippen molar-refractivity contribution in [3.05, 3.63) is 47.5 Å². The second-order valence-electron chi connectivity index (χ2n) is 6.83. The molecule has 0 amide bonds. The second-order valence-corrected chi connectivity index (χ2v) is 8.58. The molecule has 2 rings (SSSR count). The highest BCUT2D eigenvalue weighted by molar-refractivity contribution is 7.92. The second kappa shape index (κ2) is 9.82. The average Bonchev–Trinajstić information content (AvgIpc) is 2.67. The predicted octanol–water partition coefficient (Wildman–Crippen LogP) is 2.04. The molecule has 0 aromatic heterocycles. The molecule has 0 fully saturated rings. The molecule has 2 aromatic rings. The number of aromatic hydroxyl groups is 1. The highest BCUT2D eigenvalue weighted by Gasteiger charge is 2.14. The summed E-state index contributed by atoms with van der Waals surface area (Å²) in [5.74, 6) is 1.11. The third-order valence-electron chi connectivity index (χ3n) is 4.39. The number of rotatable bonds is 10. The van der Waals surface area contributed by atoms with E-state index in [4.69, 9.17) is 9.47 Å². The lowest BCUT2D eigenvalue weighted by Crippen LogP contribution is -2.30. The van der Waals surface area contributed by atoms with Crippen molar-refractivity contribution in [3.8, 4) is 17.2 Å². The monoisotopic (exact) mass is 424 g/mol. The fourth-order valence-corrected chi connectivity index (χ4v) is 3.45. The molecule has 0 bridgehead atoms. The number of phenols is 1. The van der Waals surface area contributed by atoms with E-state index < -0.39 is 16.1 Å². The zero-order chi connectivity index (χ0) is 21.6. The SMILES string of the molecule is COc1ccc(C(C)NCC(O)Cc2ccc(O)c(NS(C)(=O)=O)c2)cc1OC. The Morgan fingerprint density at radius 2 is 1.76 bits per heavy atom. The first-order valence-electron chi connectivity index (χ1n) is 9.06. The number of aliphatic hydroxyl groups is 1. The number of sulfonamides is 1. The van der Waals surface area contributed by atoms with Gasteiger partial charge in [0.2, 0.25) is 10.0 Å². The van der Waals surface area contributed by atoms with Crippen LogP contribution >= 0.6 is 0 Å². The normalized spacial score (nSPS) is 13.6. The van der Waals surface area contributed by atoms with Crippen LogP contribution in [0.4, 0.5) is 5.69 Å². The van der Waals surface area contributed by atoms with Crippen molar-refractivity contribution >= 4 is 15.7 Å². The van der Waals surface area contributed by atoms with Gasteiger partial charge in [-0.05, 0) is 48.7 Å². The van der Waals surface area contributed by atoms with E-state index in [1.165, 1.54) is 12.1 Å². The van der Waals surface area contributed by atoms with Crippen molar-refractivity contribution in [1.82, 2.24) is 5.32 Å². The zero-order valence-electron chi connectivity index (χ0n) is 17.0. The van der Waals surface area contributed by atoms with Crippen LogP contribution in [0.3, 0.4) is 0 Å². The van der Waals surface area contributed by atoms with Gasteiger partial charge in [-0.3, -0.25) is 4.72 Å². The number of anilines is 1. The number of phenolic OH excluding ortho intramolecular Hbond substituents is 1. The summed E-state index contributed by atoms with van der Waals surface area (Å²) in [7, 11) is -0.355. The topological polar surface area (TPSA) is 117 Å². The maximum atomic E-state index is 11.4. The van der Waals surface area contributed by atoms with Gasteiger partial charge in [0.15, 0.2) is 11.5 Å². The van der Waals surface area contributed by atoms with E-state index in [-0.39, 0.29) is 17.5 Å². The Bertz CT molecular complexity index is 933. The molecule has 0 spiro atoms. The van der Waals surface area contributed by atoms with Crippen LogP contribution < -0.4 is 19.5 Å². The van der Waals surface area contributed by atoms with Crippen LogP contribution in [0, 0.1) is 0 Å². The van der Waals surface area contributed by atoms with Crippen molar-refractivity contribution in [2.75, 3.05) is 31.7 Å². The molecule has 160 valence electrons. The molecule has 2 unspecified atom stereocenters. The van der Waals surface area contributed by atoms with Gasteiger partial charge in [-0.25, -0.2) is 8.42 Å². The Balaban J connectivity index is 1.97. The summed E-state index contributed by atoms with van der Waals surface area (Å²) < 4.78 is 35.6. The van der Waals surface area contributed by atoms with E-state index in [9.17, 15) is 18.6 Å². The van der Waals surface area contributed by atoms with Gasteiger partial charge < -0.3 is 25.0 Å². The third kappa shape index (κ3) is 6.81. The van der Waals surface area contributed by atoms with Gasteiger partial charge in [-0.15, -0.1) is 0 Å². The van der Waals surface area contributed by atoms with Crippen molar-refractivity contribution in [1.29, 1.82) is 0 Å². The highest BCUT2D eigenvalue weighted by atomic mass is 32.2. The molecule has 8 nitrogen and oxygen atoms in total. The smallest absolute Gasteiger partial charge is 0.229 e. The largest absolute Gasteiger partial charge is 0.506 e. The minimum Gasteiger partial charge on any atom is -0.506 e. The van der Waals surface area contributed by atoms with Gasteiger partial charge in [0.1, 0.15) is 5.75 Å².